The van der Waals surface area contributed by atoms with Crippen LogP contribution in [-0.4, -0.2) is 10.1 Å². The van der Waals surface area contributed by atoms with Gasteiger partial charge in [0.15, 0.2) is 5.82 Å². The van der Waals surface area contributed by atoms with Crippen molar-refractivity contribution in [1.29, 1.82) is 0 Å². The molecule has 3 rings (SSSR count). The van der Waals surface area contributed by atoms with Gasteiger partial charge in [0.05, 0.1) is 6.04 Å². The van der Waals surface area contributed by atoms with Crippen LogP contribution in [0, 0.1) is 0 Å². The SMILES string of the molecule is C[C@@H](N)c1nc(C2CCCc3ccccc32)no1. The van der Waals surface area contributed by atoms with Gasteiger partial charge in [0.1, 0.15) is 0 Å². The summed E-state index contributed by atoms with van der Waals surface area (Å²) in [5.74, 6) is 1.55. The number of fused-ring (bicyclic) bond motifs is 1. The molecule has 4 heteroatoms. The molecule has 0 amide bonds. The summed E-state index contributed by atoms with van der Waals surface area (Å²) >= 11 is 0. The van der Waals surface area contributed by atoms with Crippen molar-refractivity contribution in [3.8, 4) is 0 Å². The first-order valence-electron chi connectivity index (χ1n) is 6.42. The third kappa shape index (κ3) is 1.93. The number of rotatable bonds is 2. The number of aromatic nitrogens is 2. The van der Waals surface area contributed by atoms with Crippen LogP contribution in [0.1, 0.15) is 54.6 Å². The molecule has 2 atom stereocenters. The van der Waals surface area contributed by atoms with Crippen molar-refractivity contribution in [3.05, 3.63) is 47.1 Å². The summed E-state index contributed by atoms with van der Waals surface area (Å²) in [4.78, 5) is 4.43. The minimum absolute atomic E-state index is 0.204. The van der Waals surface area contributed by atoms with Gasteiger partial charge >= 0.3 is 0 Å². The molecule has 2 N–H and O–H groups in total. The molecular formula is C14H17N3O. The van der Waals surface area contributed by atoms with Crippen molar-refractivity contribution >= 4 is 0 Å². The van der Waals surface area contributed by atoms with Gasteiger partial charge in [-0.3, -0.25) is 0 Å². The Morgan fingerprint density at radius 2 is 2.22 bits per heavy atom. The molecule has 1 aromatic heterocycles. The number of hydrogen-bond donors (Lipinski definition) is 1. The molecule has 94 valence electrons. The molecule has 1 unspecified atom stereocenters. The normalized spacial score (nSPS) is 20.4. The first-order chi connectivity index (χ1) is 8.75. The zero-order chi connectivity index (χ0) is 12.5. The van der Waals surface area contributed by atoms with E-state index in [1.54, 1.807) is 0 Å². The highest BCUT2D eigenvalue weighted by molar-refractivity contribution is 5.36. The van der Waals surface area contributed by atoms with Crippen LogP contribution in [0.4, 0.5) is 0 Å². The lowest BCUT2D eigenvalue weighted by molar-refractivity contribution is 0.354. The van der Waals surface area contributed by atoms with Gasteiger partial charge < -0.3 is 10.3 Å². The van der Waals surface area contributed by atoms with E-state index in [2.05, 4.69) is 34.4 Å². The number of benzene rings is 1. The maximum Gasteiger partial charge on any atom is 0.243 e. The van der Waals surface area contributed by atoms with Crippen LogP contribution < -0.4 is 5.73 Å². The highest BCUT2D eigenvalue weighted by atomic mass is 16.5. The average Bonchev–Trinajstić information content (AvgIpc) is 2.87. The second kappa shape index (κ2) is 4.53. The van der Waals surface area contributed by atoms with E-state index in [1.807, 2.05) is 6.92 Å². The molecule has 0 saturated carbocycles. The van der Waals surface area contributed by atoms with Crippen LogP contribution in [0.3, 0.4) is 0 Å². The van der Waals surface area contributed by atoms with Gasteiger partial charge in [-0.1, -0.05) is 29.4 Å². The van der Waals surface area contributed by atoms with Crippen molar-refractivity contribution < 1.29 is 4.52 Å². The van der Waals surface area contributed by atoms with Gasteiger partial charge in [-0.25, -0.2) is 0 Å². The van der Waals surface area contributed by atoms with Gasteiger partial charge in [-0.15, -0.1) is 0 Å². The molecule has 0 aliphatic heterocycles. The number of hydrogen-bond acceptors (Lipinski definition) is 4. The van der Waals surface area contributed by atoms with Gasteiger partial charge in [-0.2, -0.15) is 4.98 Å². The van der Waals surface area contributed by atoms with Crippen LogP contribution >= 0.6 is 0 Å². The molecule has 4 nitrogen and oxygen atoms in total. The summed E-state index contributed by atoms with van der Waals surface area (Å²) in [6.07, 6.45) is 3.39. The maximum absolute atomic E-state index is 5.75. The Morgan fingerprint density at radius 3 is 3.00 bits per heavy atom. The molecule has 1 aliphatic carbocycles. The fraction of sp³-hybridized carbons (Fsp3) is 0.429. The van der Waals surface area contributed by atoms with Crippen molar-refractivity contribution in [3.63, 3.8) is 0 Å². The zero-order valence-electron chi connectivity index (χ0n) is 10.5. The van der Waals surface area contributed by atoms with Gasteiger partial charge in [0.2, 0.25) is 5.89 Å². The number of nitrogens with two attached hydrogens (primary N) is 1. The van der Waals surface area contributed by atoms with Crippen molar-refractivity contribution in [1.82, 2.24) is 10.1 Å². The Labute approximate surface area is 106 Å². The largest absolute Gasteiger partial charge is 0.338 e. The second-order valence-corrected chi connectivity index (χ2v) is 4.92. The van der Waals surface area contributed by atoms with E-state index in [4.69, 9.17) is 10.3 Å². The Morgan fingerprint density at radius 1 is 1.39 bits per heavy atom. The zero-order valence-corrected chi connectivity index (χ0v) is 10.5. The Hall–Kier alpha value is -1.68. The standard InChI is InChI=1S/C14H17N3O/c1-9(15)14-16-13(17-18-14)12-8-4-6-10-5-2-3-7-11(10)12/h2-3,5,7,9,12H,4,6,8,15H2,1H3/t9-,12?/m1/s1. The number of nitrogens with zero attached hydrogens (tertiary/aromatic N) is 2. The highest BCUT2D eigenvalue weighted by Crippen LogP contribution is 2.35. The quantitative estimate of drug-likeness (QED) is 0.880. The van der Waals surface area contributed by atoms with Crippen LogP contribution in [0.5, 0.6) is 0 Å². The molecule has 1 aromatic carbocycles. The van der Waals surface area contributed by atoms with Crippen LogP contribution in [0.15, 0.2) is 28.8 Å². The molecule has 1 aliphatic rings. The monoisotopic (exact) mass is 243 g/mol. The Kier molecular flexibility index (Phi) is 2.88. The van der Waals surface area contributed by atoms with E-state index in [9.17, 15) is 0 Å². The Balaban J connectivity index is 1.97. The molecule has 1 heterocycles. The molecule has 0 fully saturated rings. The van der Waals surface area contributed by atoms with E-state index in [0.29, 0.717) is 5.89 Å². The van der Waals surface area contributed by atoms with Gasteiger partial charge in [0, 0.05) is 5.92 Å². The minimum Gasteiger partial charge on any atom is -0.338 e. The molecule has 0 saturated heterocycles. The molecule has 0 radical (unpaired) electrons. The van der Waals surface area contributed by atoms with E-state index >= 15 is 0 Å². The van der Waals surface area contributed by atoms with E-state index in [-0.39, 0.29) is 12.0 Å². The van der Waals surface area contributed by atoms with E-state index in [1.165, 1.54) is 17.5 Å². The van der Waals surface area contributed by atoms with Gasteiger partial charge in [0.25, 0.3) is 0 Å². The summed E-state index contributed by atoms with van der Waals surface area (Å²) < 4.78 is 5.21. The second-order valence-electron chi connectivity index (χ2n) is 4.92. The van der Waals surface area contributed by atoms with E-state index < -0.39 is 0 Å². The minimum atomic E-state index is -0.204. The predicted octanol–water partition coefficient (Wildman–Crippen LogP) is 2.56. The number of aryl methyl sites for hydroxylation is 1. The molecule has 0 bridgehead atoms. The topological polar surface area (TPSA) is 64.9 Å². The summed E-state index contributed by atoms with van der Waals surface area (Å²) in [5.41, 5.74) is 8.49. The van der Waals surface area contributed by atoms with Gasteiger partial charge in [-0.05, 0) is 37.3 Å². The predicted molar refractivity (Wildman–Crippen MR) is 68.1 cm³/mol. The van der Waals surface area contributed by atoms with Crippen LogP contribution in [0.2, 0.25) is 0 Å². The van der Waals surface area contributed by atoms with Crippen LogP contribution in [0.25, 0.3) is 0 Å². The molecule has 0 spiro atoms. The summed E-state index contributed by atoms with van der Waals surface area (Å²) in [7, 11) is 0. The lowest BCUT2D eigenvalue weighted by Gasteiger charge is -2.22. The summed E-state index contributed by atoms with van der Waals surface area (Å²) in [6, 6.07) is 8.31. The fourth-order valence-corrected chi connectivity index (χ4v) is 2.60. The Bertz CT molecular complexity index is 547. The smallest absolute Gasteiger partial charge is 0.243 e. The average molecular weight is 243 g/mol. The van der Waals surface area contributed by atoms with Crippen molar-refractivity contribution in [2.24, 2.45) is 5.73 Å². The maximum atomic E-state index is 5.75. The molecule has 2 aromatic rings. The van der Waals surface area contributed by atoms with E-state index in [0.717, 1.165) is 18.7 Å². The fourth-order valence-electron chi connectivity index (χ4n) is 2.60. The molecular weight excluding hydrogens is 226 g/mol. The summed E-state index contributed by atoms with van der Waals surface area (Å²) in [6.45, 7) is 1.85. The van der Waals surface area contributed by atoms with Crippen molar-refractivity contribution in [2.75, 3.05) is 0 Å². The lowest BCUT2D eigenvalue weighted by atomic mass is 9.82. The third-order valence-corrected chi connectivity index (χ3v) is 3.53. The molecule has 18 heavy (non-hydrogen) atoms. The highest BCUT2D eigenvalue weighted by Gasteiger charge is 2.26. The first kappa shape index (κ1) is 11.4. The first-order valence-corrected chi connectivity index (χ1v) is 6.42. The van der Waals surface area contributed by atoms with Crippen LogP contribution in [-0.2, 0) is 6.42 Å². The lowest BCUT2D eigenvalue weighted by Crippen LogP contribution is -2.12. The van der Waals surface area contributed by atoms with Crippen molar-refractivity contribution in [2.45, 2.75) is 38.1 Å². The summed E-state index contributed by atoms with van der Waals surface area (Å²) in [5, 5.41) is 4.09. The third-order valence-electron chi connectivity index (χ3n) is 3.53.